The predicted molar refractivity (Wildman–Crippen MR) is 80.6 cm³/mol. The van der Waals surface area contributed by atoms with Crippen molar-refractivity contribution in [1.29, 1.82) is 0 Å². The lowest BCUT2D eigenvalue weighted by Gasteiger charge is -2.29. The molecule has 1 unspecified atom stereocenters. The van der Waals surface area contributed by atoms with Crippen molar-refractivity contribution in [2.24, 2.45) is 0 Å². The second-order valence-electron chi connectivity index (χ2n) is 4.31. The minimum absolute atomic E-state index is 0.218. The summed E-state index contributed by atoms with van der Waals surface area (Å²) in [4.78, 5) is 11.7. The van der Waals surface area contributed by atoms with Gasteiger partial charge < -0.3 is 4.74 Å². The van der Waals surface area contributed by atoms with Crippen LogP contribution >= 0.6 is 34.2 Å². The molecule has 0 aromatic heterocycles. The molecule has 18 heavy (non-hydrogen) atoms. The molecular weight excluding hydrogens is 363 g/mol. The summed E-state index contributed by atoms with van der Waals surface area (Å²) >= 11 is 8.16. The largest absolute Gasteiger partial charge is 0.444 e. The zero-order valence-corrected chi connectivity index (χ0v) is 13.0. The van der Waals surface area contributed by atoms with Gasteiger partial charge in [-0.05, 0) is 35.4 Å². The zero-order valence-electron chi connectivity index (χ0n) is 10.1. The Hall–Kier alpha value is -0.550. The normalized spacial score (nSPS) is 23.4. The van der Waals surface area contributed by atoms with Crippen LogP contribution in [0.2, 0.25) is 0 Å². The molecule has 4 heteroatoms. The minimum atomic E-state index is -0.675. The van der Waals surface area contributed by atoms with E-state index >= 15 is 0 Å². The van der Waals surface area contributed by atoms with Gasteiger partial charge in [-0.1, -0.05) is 55.3 Å². The van der Waals surface area contributed by atoms with Crippen molar-refractivity contribution < 1.29 is 9.53 Å². The van der Waals surface area contributed by atoms with E-state index in [4.69, 9.17) is 16.3 Å². The Morgan fingerprint density at radius 3 is 2.50 bits per heavy atom. The maximum Gasteiger partial charge on any atom is 0.351 e. The number of esters is 1. The van der Waals surface area contributed by atoms with Gasteiger partial charge in [0, 0.05) is 5.56 Å². The second-order valence-corrected chi connectivity index (χ2v) is 5.77. The average molecular weight is 377 g/mol. The monoisotopic (exact) mass is 376 g/mol. The molecule has 1 atom stereocenters. The summed E-state index contributed by atoms with van der Waals surface area (Å²) in [6.07, 6.45) is 2.81. The molecule has 0 radical (unpaired) electrons. The van der Waals surface area contributed by atoms with Crippen LogP contribution in [0, 0.1) is 0 Å². The van der Waals surface area contributed by atoms with E-state index in [2.05, 4.69) is 29.5 Å². The smallest absolute Gasteiger partial charge is 0.351 e. The number of unbranched alkanes of at least 4 members (excludes halogenated alkanes) is 1. The van der Waals surface area contributed by atoms with Crippen LogP contribution in [0.15, 0.2) is 38.9 Å². The Labute approximate surface area is 125 Å². The van der Waals surface area contributed by atoms with Crippen molar-refractivity contribution in [3.8, 4) is 0 Å². The molecule has 1 aromatic carbocycles. The van der Waals surface area contributed by atoms with Gasteiger partial charge in [0.05, 0.1) is 3.58 Å². The van der Waals surface area contributed by atoms with Crippen molar-refractivity contribution in [3.63, 3.8) is 0 Å². The van der Waals surface area contributed by atoms with Gasteiger partial charge in [-0.2, -0.15) is 0 Å². The van der Waals surface area contributed by atoms with Crippen LogP contribution in [-0.4, -0.2) is 5.97 Å². The van der Waals surface area contributed by atoms with Crippen molar-refractivity contribution in [2.45, 2.75) is 31.8 Å². The highest BCUT2D eigenvalue weighted by molar-refractivity contribution is 14.1. The lowest BCUT2D eigenvalue weighted by Crippen LogP contribution is -2.27. The van der Waals surface area contributed by atoms with E-state index in [0.717, 1.165) is 28.4 Å². The topological polar surface area (TPSA) is 26.3 Å². The van der Waals surface area contributed by atoms with Gasteiger partial charge >= 0.3 is 5.97 Å². The van der Waals surface area contributed by atoms with Crippen LogP contribution in [0.3, 0.4) is 0 Å². The Morgan fingerprint density at radius 2 is 2.00 bits per heavy atom. The molecule has 0 saturated carbocycles. The highest BCUT2D eigenvalue weighted by Crippen LogP contribution is 2.49. The number of ether oxygens (including phenoxy) is 1. The first kappa shape index (κ1) is 13.9. The van der Waals surface area contributed by atoms with Crippen molar-refractivity contribution >= 4 is 40.2 Å². The van der Waals surface area contributed by atoms with E-state index in [-0.39, 0.29) is 5.03 Å². The SMILES string of the molecule is CCCCC1(c2ccccc2)OC(=O)C(Cl)=C1I. The van der Waals surface area contributed by atoms with Crippen LogP contribution in [0.5, 0.6) is 0 Å². The highest BCUT2D eigenvalue weighted by Gasteiger charge is 2.47. The third kappa shape index (κ3) is 2.30. The Morgan fingerprint density at radius 1 is 1.33 bits per heavy atom. The molecule has 0 fully saturated rings. The van der Waals surface area contributed by atoms with Gasteiger partial charge in [-0.3, -0.25) is 0 Å². The van der Waals surface area contributed by atoms with Crippen molar-refractivity contribution in [2.75, 3.05) is 0 Å². The van der Waals surface area contributed by atoms with Gasteiger partial charge in [-0.15, -0.1) is 0 Å². The zero-order chi connectivity index (χ0) is 13.2. The van der Waals surface area contributed by atoms with Gasteiger partial charge in [0.25, 0.3) is 0 Å². The van der Waals surface area contributed by atoms with E-state index in [1.165, 1.54) is 0 Å². The Balaban J connectivity index is 2.47. The van der Waals surface area contributed by atoms with Crippen molar-refractivity contribution in [1.82, 2.24) is 0 Å². The molecule has 96 valence electrons. The number of benzene rings is 1. The summed E-state index contributed by atoms with van der Waals surface area (Å²) < 4.78 is 6.41. The van der Waals surface area contributed by atoms with Gasteiger partial charge in [0.15, 0.2) is 5.60 Å². The van der Waals surface area contributed by atoms with Crippen LogP contribution in [0.25, 0.3) is 0 Å². The Kier molecular flexibility index (Phi) is 4.33. The summed E-state index contributed by atoms with van der Waals surface area (Å²) in [6.45, 7) is 2.12. The van der Waals surface area contributed by atoms with Crippen LogP contribution in [0.4, 0.5) is 0 Å². The molecular formula is C14H14ClIO2. The molecule has 1 aromatic rings. The fourth-order valence-electron chi connectivity index (χ4n) is 2.14. The molecule has 1 aliphatic rings. The van der Waals surface area contributed by atoms with Crippen LogP contribution < -0.4 is 0 Å². The number of carbonyl (C=O) groups excluding carboxylic acids is 1. The fraction of sp³-hybridized carbons (Fsp3) is 0.357. The molecule has 0 spiro atoms. The maximum absolute atomic E-state index is 11.7. The number of hydrogen-bond acceptors (Lipinski definition) is 2. The van der Waals surface area contributed by atoms with Crippen LogP contribution in [-0.2, 0) is 15.1 Å². The summed E-state index contributed by atoms with van der Waals surface area (Å²) in [5.41, 5.74) is 0.318. The first-order valence-corrected chi connectivity index (χ1v) is 7.42. The lowest BCUT2D eigenvalue weighted by atomic mass is 9.89. The number of carbonyl (C=O) groups is 1. The quantitative estimate of drug-likeness (QED) is 0.571. The van der Waals surface area contributed by atoms with E-state index in [1.54, 1.807) is 0 Å². The van der Waals surface area contributed by atoms with E-state index in [0.29, 0.717) is 0 Å². The predicted octanol–water partition coefficient (Wildman–Crippen LogP) is 4.51. The Bertz CT molecular complexity index is 484. The molecule has 0 aliphatic carbocycles. The average Bonchev–Trinajstić information content (AvgIpc) is 2.63. The molecule has 0 bridgehead atoms. The number of halogens is 2. The molecule has 2 rings (SSSR count). The third-order valence-corrected chi connectivity index (χ3v) is 5.19. The molecule has 1 aliphatic heterocycles. The first-order chi connectivity index (χ1) is 8.62. The van der Waals surface area contributed by atoms with Gasteiger partial charge in [-0.25, -0.2) is 4.79 Å². The maximum atomic E-state index is 11.7. The minimum Gasteiger partial charge on any atom is -0.444 e. The standard InChI is InChI=1S/C14H14ClIO2/c1-2-3-9-14(10-7-5-4-6-8-10)12(16)11(15)13(17)18-14/h4-8H,2-3,9H2,1H3. The molecule has 1 heterocycles. The lowest BCUT2D eigenvalue weighted by molar-refractivity contribution is -0.147. The first-order valence-electron chi connectivity index (χ1n) is 5.96. The van der Waals surface area contributed by atoms with E-state index < -0.39 is 11.6 Å². The number of rotatable bonds is 4. The summed E-state index contributed by atoms with van der Waals surface area (Å²) in [7, 11) is 0. The molecule has 0 saturated heterocycles. The number of cyclic esters (lactones) is 1. The molecule has 0 N–H and O–H groups in total. The fourth-order valence-corrected chi connectivity index (χ4v) is 3.24. The van der Waals surface area contributed by atoms with E-state index in [9.17, 15) is 4.79 Å². The second kappa shape index (κ2) is 5.61. The molecule has 0 amide bonds. The van der Waals surface area contributed by atoms with Gasteiger partial charge in [0.1, 0.15) is 5.03 Å². The van der Waals surface area contributed by atoms with Crippen molar-refractivity contribution in [3.05, 3.63) is 44.5 Å². The summed E-state index contributed by atoms with van der Waals surface area (Å²) in [5, 5.41) is 0.218. The van der Waals surface area contributed by atoms with Crippen LogP contribution in [0.1, 0.15) is 31.7 Å². The van der Waals surface area contributed by atoms with E-state index in [1.807, 2.05) is 30.3 Å². The number of hydrogen-bond donors (Lipinski definition) is 0. The summed E-state index contributed by atoms with van der Waals surface area (Å²) in [6, 6.07) is 9.82. The third-order valence-electron chi connectivity index (χ3n) is 3.12. The highest BCUT2D eigenvalue weighted by atomic mass is 127. The molecule has 2 nitrogen and oxygen atoms in total. The summed E-state index contributed by atoms with van der Waals surface area (Å²) in [5.74, 6) is -0.416. The van der Waals surface area contributed by atoms with Gasteiger partial charge in [0.2, 0.25) is 0 Å².